The van der Waals surface area contributed by atoms with Crippen LogP contribution in [0.1, 0.15) is 31.2 Å². The van der Waals surface area contributed by atoms with Gasteiger partial charge in [-0.25, -0.2) is 8.42 Å². The molecule has 128 valence electrons. The molecule has 1 aromatic rings. The predicted molar refractivity (Wildman–Crippen MR) is 91.2 cm³/mol. The van der Waals surface area contributed by atoms with E-state index in [1.54, 1.807) is 24.3 Å². The SMILES string of the molecule is CS(=O)(=O)c1ccccc1CC(=O)NCCCCN1CCCC1. The first-order chi connectivity index (χ1) is 11.0. The number of rotatable bonds is 8. The number of sulfone groups is 1. The zero-order chi connectivity index (χ0) is 16.7. The van der Waals surface area contributed by atoms with Gasteiger partial charge in [0.2, 0.25) is 5.91 Å². The van der Waals surface area contributed by atoms with Crippen LogP contribution < -0.4 is 5.32 Å². The van der Waals surface area contributed by atoms with Crippen LogP contribution in [0.3, 0.4) is 0 Å². The molecule has 0 unspecified atom stereocenters. The zero-order valence-electron chi connectivity index (χ0n) is 13.8. The van der Waals surface area contributed by atoms with E-state index in [4.69, 9.17) is 0 Å². The number of likely N-dealkylation sites (tertiary alicyclic amines) is 1. The van der Waals surface area contributed by atoms with E-state index in [-0.39, 0.29) is 17.2 Å². The Morgan fingerprint density at radius 1 is 1.17 bits per heavy atom. The molecule has 0 aromatic heterocycles. The van der Waals surface area contributed by atoms with E-state index in [1.165, 1.54) is 32.2 Å². The normalized spacial score (nSPS) is 15.7. The minimum absolute atomic E-state index is 0.107. The van der Waals surface area contributed by atoms with Gasteiger partial charge in [-0.1, -0.05) is 18.2 Å². The Hall–Kier alpha value is -1.40. The predicted octanol–water partition coefficient (Wildman–Crippen LogP) is 1.62. The molecule has 1 N–H and O–H groups in total. The van der Waals surface area contributed by atoms with E-state index in [9.17, 15) is 13.2 Å². The fourth-order valence-corrected chi connectivity index (χ4v) is 3.88. The van der Waals surface area contributed by atoms with Crippen LogP contribution in [0.5, 0.6) is 0 Å². The molecule has 6 heteroatoms. The van der Waals surface area contributed by atoms with E-state index < -0.39 is 9.84 Å². The van der Waals surface area contributed by atoms with E-state index >= 15 is 0 Å². The van der Waals surface area contributed by atoms with Crippen LogP contribution in [-0.2, 0) is 21.1 Å². The molecule has 1 aromatic carbocycles. The summed E-state index contributed by atoms with van der Waals surface area (Å²) in [5.74, 6) is -0.123. The molecule has 0 bridgehead atoms. The first-order valence-corrected chi connectivity index (χ1v) is 10.1. The van der Waals surface area contributed by atoms with Crippen molar-refractivity contribution in [2.24, 2.45) is 0 Å². The lowest BCUT2D eigenvalue weighted by molar-refractivity contribution is -0.120. The maximum Gasteiger partial charge on any atom is 0.224 e. The van der Waals surface area contributed by atoms with Gasteiger partial charge in [-0.05, 0) is 56.9 Å². The van der Waals surface area contributed by atoms with Crippen molar-refractivity contribution >= 4 is 15.7 Å². The highest BCUT2D eigenvalue weighted by molar-refractivity contribution is 7.90. The highest BCUT2D eigenvalue weighted by atomic mass is 32.2. The Kier molecular flexibility index (Phi) is 6.59. The van der Waals surface area contributed by atoms with Gasteiger partial charge >= 0.3 is 0 Å². The highest BCUT2D eigenvalue weighted by Crippen LogP contribution is 2.15. The van der Waals surface area contributed by atoms with Crippen molar-refractivity contribution in [3.8, 4) is 0 Å². The van der Waals surface area contributed by atoms with Crippen LogP contribution >= 0.6 is 0 Å². The number of hydrogen-bond acceptors (Lipinski definition) is 4. The molecule has 0 atom stereocenters. The molecule has 1 saturated heterocycles. The van der Waals surface area contributed by atoms with Crippen molar-refractivity contribution in [1.82, 2.24) is 10.2 Å². The summed E-state index contributed by atoms with van der Waals surface area (Å²) in [7, 11) is -3.30. The molecule has 1 aliphatic heterocycles. The molecule has 0 spiro atoms. The van der Waals surface area contributed by atoms with Crippen LogP contribution in [0.4, 0.5) is 0 Å². The summed E-state index contributed by atoms with van der Waals surface area (Å²) in [6, 6.07) is 6.68. The van der Waals surface area contributed by atoms with Crippen LogP contribution in [0, 0.1) is 0 Å². The molecule has 5 nitrogen and oxygen atoms in total. The molecular formula is C17H26N2O3S. The second-order valence-corrected chi connectivity index (χ2v) is 8.15. The third-order valence-corrected chi connectivity index (χ3v) is 5.34. The summed E-state index contributed by atoms with van der Waals surface area (Å²) in [6.07, 6.45) is 5.92. The topological polar surface area (TPSA) is 66.5 Å². The average Bonchev–Trinajstić information content (AvgIpc) is 2.99. The van der Waals surface area contributed by atoms with Crippen molar-refractivity contribution < 1.29 is 13.2 Å². The van der Waals surface area contributed by atoms with Gasteiger partial charge in [-0.3, -0.25) is 4.79 Å². The van der Waals surface area contributed by atoms with Gasteiger partial charge in [0.25, 0.3) is 0 Å². The van der Waals surface area contributed by atoms with Crippen molar-refractivity contribution in [1.29, 1.82) is 0 Å². The van der Waals surface area contributed by atoms with E-state index in [0.29, 0.717) is 12.1 Å². The van der Waals surface area contributed by atoms with Gasteiger partial charge < -0.3 is 10.2 Å². The number of carbonyl (C=O) groups is 1. The second-order valence-electron chi connectivity index (χ2n) is 6.16. The molecule has 1 amide bonds. The van der Waals surface area contributed by atoms with E-state index in [1.807, 2.05) is 0 Å². The number of amides is 1. The number of carbonyl (C=O) groups excluding carboxylic acids is 1. The summed E-state index contributed by atoms with van der Waals surface area (Å²) < 4.78 is 23.4. The quantitative estimate of drug-likeness (QED) is 0.732. The number of nitrogens with zero attached hydrogens (tertiary/aromatic N) is 1. The molecule has 0 radical (unpaired) electrons. The first-order valence-electron chi connectivity index (χ1n) is 8.24. The summed E-state index contributed by atoms with van der Waals surface area (Å²) >= 11 is 0. The van der Waals surface area contributed by atoms with Crippen molar-refractivity contribution in [3.05, 3.63) is 29.8 Å². The van der Waals surface area contributed by atoms with Gasteiger partial charge in [0.05, 0.1) is 11.3 Å². The van der Waals surface area contributed by atoms with Crippen molar-refractivity contribution in [2.45, 2.75) is 37.0 Å². The lowest BCUT2D eigenvalue weighted by Crippen LogP contribution is -2.27. The maximum absolute atomic E-state index is 12.0. The highest BCUT2D eigenvalue weighted by Gasteiger charge is 2.15. The van der Waals surface area contributed by atoms with Gasteiger partial charge in [0.15, 0.2) is 9.84 Å². The monoisotopic (exact) mass is 338 g/mol. The van der Waals surface area contributed by atoms with Gasteiger partial charge in [-0.2, -0.15) is 0 Å². The maximum atomic E-state index is 12.0. The summed E-state index contributed by atoms with van der Waals surface area (Å²) in [4.78, 5) is 14.7. The number of nitrogens with one attached hydrogen (secondary N) is 1. The third kappa shape index (κ3) is 5.95. The minimum atomic E-state index is -3.30. The smallest absolute Gasteiger partial charge is 0.224 e. The molecule has 0 saturated carbocycles. The van der Waals surface area contributed by atoms with E-state index in [0.717, 1.165) is 19.4 Å². The number of hydrogen-bond donors (Lipinski definition) is 1. The molecule has 23 heavy (non-hydrogen) atoms. The standard InChI is InChI=1S/C17H26N2O3S/c1-23(21,22)16-9-3-2-8-15(16)14-17(20)18-10-4-5-11-19-12-6-7-13-19/h2-3,8-9H,4-7,10-14H2,1H3,(H,18,20). The van der Waals surface area contributed by atoms with Crippen LogP contribution in [-0.4, -0.2) is 51.7 Å². The molecule has 2 rings (SSSR count). The van der Waals surface area contributed by atoms with Crippen molar-refractivity contribution in [2.75, 3.05) is 32.4 Å². The summed E-state index contributed by atoms with van der Waals surface area (Å²) in [5.41, 5.74) is 0.560. The number of benzene rings is 1. The average molecular weight is 338 g/mol. The Morgan fingerprint density at radius 2 is 1.87 bits per heavy atom. The number of unbranched alkanes of at least 4 members (excludes halogenated alkanes) is 1. The Morgan fingerprint density at radius 3 is 2.57 bits per heavy atom. The van der Waals surface area contributed by atoms with Crippen LogP contribution in [0.15, 0.2) is 29.2 Å². The second kappa shape index (κ2) is 8.45. The van der Waals surface area contributed by atoms with Crippen LogP contribution in [0.25, 0.3) is 0 Å². The lowest BCUT2D eigenvalue weighted by Gasteiger charge is -2.14. The summed E-state index contributed by atoms with van der Waals surface area (Å²) in [5, 5.41) is 2.88. The lowest BCUT2D eigenvalue weighted by atomic mass is 10.1. The first kappa shape index (κ1) is 17.9. The van der Waals surface area contributed by atoms with Gasteiger partial charge in [0, 0.05) is 12.8 Å². The Bertz CT molecular complexity index is 622. The zero-order valence-corrected chi connectivity index (χ0v) is 14.6. The third-order valence-electron chi connectivity index (χ3n) is 4.15. The van der Waals surface area contributed by atoms with Crippen molar-refractivity contribution in [3.63, 3.8) is 0 Å². The Labute approximate surface area is 139 Å². The minimum Gasteiger partial charge on any atom is -0.356 e. The largest absolute Gasteiger partial charge is 0.356 e. The molecule has 0 aliphatic carbocycles. The molecule has 1 fully saturated rings. The van der Waals surface area contributed by atoms with Gasteiger partial charge in [-0.15, -0.1) is 0 Å². The molecule has 1 aliphatic rings. The fourth-order valence-electron chi connectivity index (χ4n) is 2.94. The fraction of sp³-hybridized carbons (Fsp3) is 0.588. The van der Waals surface area contributed by atoms with Gasteiger partial charge in [0.1, 0.15) is 0 Å². The molecule has 1 heterocycles. The molecular weight excluding hydrogens is 312 g/mol. The Balaban J connectivity index is 1.72. The van der Waals surface area contributed by atoms with Crippen LogP contribution in [0.2, 0.25) is 0 Å². The summed E-state index contributed by atoms with van der Waals surface area (Å²) in [6.45, 7) is 4.16. The van der Waals surface area contributed by atoms with E-state index in [2.05, 4.69) is 10.2 Å².